The third-order valence-corrected chi connectivity index (χ3v) is 5.59. The molecule has 1 atom stereocenters. The molecule has 5 nitrogen and oxygen atoms in total. The summed E-state index contributed by atoms with van der Waals surface area (Å²) in [7, 11) is -1.97. The van der Waals surface area contributed by atoms with Crippen LogP contribution in [-0.2, 0) is 19.4 Å². The van der Waals surface area contributed by atoms with Crippen molar-refractivity contribution in [1.82, 2.24) is 0 Å². The van der Waals surface area contributed by atoms with Crippen molar-refractivity contribution in [3.63, 3.8) is 0 Å². The van der Waals surface area contributed by atoms with E-state index in [1.54, 1.807) is 27.7 Å². The van der Waals surface area contributed by atoms with E-state index >= 15 is 0 Å². The minimum atomic E-state index is -3.25. The molecule has 0 aliphatic rings. The molecule has 0 radical (unpaired) electrons. The number of hydrogen-bond donors (Lipinski definition) is 1. The second-order valence-corrected chi connectivity index (χ2v) is 8.30. The molecule has 0 aliphatic heterocycles. The fraction of sp³-hybridized carbons (Fsp3) is 0.909. The highest BCUT2D eigenvalue weighted by molar-refractivity contribution is 7.92. The number of nitrogens with two attached hydrogens (primary N) is 1. The first-order chi connectivity index (χ1) is 7.50. The summed E-state index contributed by atoms with van der Waals surface area (Å²) in [6, 6.07) is 0. The number of sulfone groups is 1. The van der Waals surface area contributed by atoms with Crippen LogP contribution in [0.5, 0.6) is 0 Å². The Bertz CT molecular complexity index is 369. The lowest BCUT2D eigenvalue weighted by atomic mass is 9.88. The van der Waals surface area contributed by atoms with E-state index in [0.717, 1.165) is 0 Å². The van der Waals surface area contributed by atoms with Crippen molar-refractivity contribution in [2.45, 2.75) is 38.9 Å². The van der Waals surface area contributed by atoms with E-state index in [0.29, 0.717) is 0 Å². The van der Waals surface area contributed by atoms with E-state index in [9.17, 15) is 13.2 Å². The average Bonchev–Trinajstić information content (AvgIpc) is 2.23. The molecule has 0 aromatic rings. The minimum absolute atomic E-state index is 0.0688. The summed E-state index contributed by atoms with van der Waals surface area (Å²) in [4.78, 5) is 11.5. The third kappa shape index (κ3) is 3.96. The van der Waals surface area contributed by atoms with Crippen LogP contribution < -0.4 is 5.73 Å². The summed E-state index contributed by atoms with van der Waals surface area (Å²) in [5.74, 6) is -0.539. The molecule has 1 unspecified atom stereocenters. The summed E-state index contributed by atoms with van der Waals surface area (Å²) in [6.07, 6.45) is 0.176. The standard InChI is InChI=1S/C11H23NO4S/c1-10(2,3)17(14,15)7-6-11(4,8-12)9(13)16-5/h6-8,12H2,1-5H3. The molecule has 0 bridgehead atoms. The zero-order chi connectivity index (χ0) is 13.9. The zero-order valence-corrected chi connectivity index (χ0v) is 12.1. The van der Waals surface area contributed by atoms with Gasteiger partial charge in [-0.25, -0.2) is 8.42 Å². The molecule has 0 saturated carbocycles. The van der Waals surface area contributed by atoms with Crippen molar-refractivity contribution in [3.8, 4) is 0 Å². The molecular weight excluding hydrogens is 242 g/mol. The second-order valence-electron chi connectivity index (χ2n) is 5.44. The van der Waals surface area contributed by atoms with Gasteiger partial charge in [0.05, 0.1) is 23.0 Å². The third-order valence-electron chi connectivity index (χ3n) is 2.98. The summed E-state index contributed by atoms with van der Waals surface area (Å²) in [6.45, 7) is 6.61. The molecule has 0 saturated heterocycles. The van der Waals surface area contributed by atoms with Crippen LogP contribution in [0.1, 0.15) is 34.1 Å². The van der Waals surface area contributed by atoms with Crippen molar-refractivity contribution >= 4 is 15.8 Å². The monoisotopic (exact) mass is 265 g/mol. The van der Waals surface area contributed by atoms with Gasteiger partial charge in [-0.05, 0) is 34.1 Å². The number of rotatable bonds is 5. The fourth-order valence-electron chi connectivity index (χ4n) is 1.20. The van der Waals surface area contributed by atoms with E-state index < -0.39 is 26.0 Å². The molecule has 17 heavy (non-hydrogen) atoms. The van der Waals surface area contributed by atoms with E-state index in [2.05, 4.69) is 4.74 Å². The summed E-state index contributed by atoms with van der Waals surface area (Å²) in [5, 5.41) is 0. The van der Waals surface area contributed by atoms with Crippen LogP contribution in [0.4, 0.5) is 0 Å². The van der Waals surface area contributed by atoms with Crippen LogP contribution >= 0.6 is 0 Å². The molecule has 0 fully saturated rings. The molecule has 0 rings (SSSR count). The van der Waals surface area contributed by atoms with Crippen molar-refractivity contribution in [2.75, 3.05) is 19.4 Å². The molecule has 6 heteroatoms. The molecule has 0 aliphatic carbocycles. The Morgan fingerprint density at radius 1 is 1.24 bits per heavy atom. The highest BCUT2D eigenvalue weighted by Gasteiger charge is 2.37. The van der Waals surface area contributed by atoms with Crippen molar-refractivity contribution in [2.24, 2.45) is 11.1 Å². The molecule has 0 amide bonds. The number of methoxy groups -OCH3 is 1. The molecule has 0 spiro atoms. The first kappa shape index (κ1) is 16.4. The number of esters is 1. The highest BCUT2D eigenvalue weighted by Crippen LogP contribution is 2.26. The fourth-order valence-corrected chi connectivity index (χ4v) is 2.53. The number of hydrogen-bond acceptors (Lipinski definition) is 5. The lowest BCUT2D eigenvalue weighted by molar-refractivity contribution is -0.151. The number of ether oxygens (including phenoxy) is 1. The van der Waals surface area contributed by atoms with Crippen molar-refractivity contribution in [1.29, 1.82) is 0 Å². The first-order valence-electron chi connectivity index (χ1n) is 5.51. The zero-order valence-electron chi connectivity index (χ0n) is 11.2. The summed E-state index contributed by atoms with van der Waals surface area (Å²) in [5.41, 5.74) is 4.59. The van der Waals surface area contributed by atoms with Gasteiger partial charge in [0.25, 0.3) is 0 Å². The Labute approximate surface area is 104 Å². The van der Waals surface area contributed by atoms with Gasteiger partial charge in [0, 0.05) is 6.54 Å². The molecule has 102 valence electrons. The van der Waals surface area contributed by atoms with E-state index in [1.165, 1.54) is 7.11 Å². The number of carbonyl (C=O) groups excluding carboxylic acids is 1. The van der Waals surface area contributed by atoms with Crippen LogP contribution in [0.15, 0.2) is 0 Å². The van der Waals surface area contributed by atoms with Crippen molar-refractivity contribution < 1.29 is 17.9 Å². The Hall–Kier alpha value is -0.620. The Balaban J connectivity index is 4.83. The molecule has 2 N–H and O–H groups in total. The van der Waals surface area contributed by atoms with E-state index in [-0.39, 0.29) is 18.7 Å². The van der Waals surface area contributed by atoms with Gasteiger partial charge in [-0.15, -0.1) is 0 Å². The smallest absolute Gasteiger partial charge is 0.312 e. The number of carbonyl (C=O) groups is 1. The second kappa shape index (κ2) is 5.35. The maximum atomic E-state index is 11.9. The van der Waals surface area contributed by atoms with Crippen LogP contribution in [0.25, 0.3) is 0 Å². The first-order valence-corrected chi connectivity index (χ1v) is 7.16. The topological polar surface area (TPSA) is 86.5 Å². The van der Waals surface area contributed by atoms with Gasteiger partial charge >= 0.3 is 5.97 Å². The van der Waals surface area contributed by atoms with Gasteiger partial charge in [-0.1, -0.05) is 0 Å². The summed E-state index contributed by atoms with van der Waals surface area (Å²) < 4.78 is 27.7. The highest BCUT2D eigenvalue weighted by atomic mass is 32.2. The minimum Gasteiger partial charge on any atom is -0.469 e. The van der Waals surface area contributed by atoms with E-state index in [4.69, 9.17) is 5.73 Å². The van der Waals surface area contributed by atoms with Gasteiger partial charge in [0.15, 0.2) is 9.84 Å². The molecule has 0 aromatic heterocycles. The maximum absolute atomic E-state index is 11.9. The normalized spacial score (nSPS) is 16.4. The van der Waals surface area contributed by atoms with Crippen molar-refractivity contribution in [3.05, 3.63) is 0 Å². The van der Waals surface area contributed by atoms with Gasteiger partial charge in [-0.2, -0.15) is 0 Å². The van der Waals surface area contributed by atoms with Gasteiger partial charge in [-0.3, -0.25) is 4.79 Å². The van der Waals surface area contributed by atoms with E-state index in [1.807, 2.05) is 0 Å². The van der Waals surface area contributed by atoms with Crippen LogP contribution in [-0.4, -0.2) is 38.5 Å². The maximum Gasteiger partial charge on any atom is 0.312 e. The lowest BCUT2D eigenvalue weighted by Gasteiger charge is -2.27. The summed E-state index contributed by atoms with van der Waals surface area (Å²) >= 11 is 0. The molecular formula is C11H23NO4S. The Kier molecular flexibility index (Phi) is 5.16. The quantitative estimate of drug-likeness (QED) is 0.740. The SMILES string of the molecule is COC(=O)C(C)(CN)CCS(=O)(=O)C(C)(C)C. The van der Waals surface area contributed by atoms with Gasteiger partial charge in [0.1, 0.15) is 0 Å². The predicted molar refractivity (Wildman–Crippen MR) is 67.3 cm³/mol. The van der Waals surface area contributed by atoms with Gasteiger partial charge < -0.3 is 10.5 Å². The molecule has 0 heterocycles. The molecule has 0 aromatic carbocycles. The largest absolute Gasteiger partial charge is 0.469 e. The average molecular weight is 265 g/mol. The van der Waals surface area contributed by atoms with Crippen LogP contribution in [0.3, 0.4) is 0 Å². The van der Waals surface area contributed by atoms with Gasteiger partial charge in [0.2, 0.25) is 0 Å². The Morgan fingerprint density at radius 2 is 1.71 bits per heavy atom. The van der Waals surface area contributed by atoms with Crippen LogP contribution in [0, 0.1) is 5.41 Å². The Morgan fingerprint density at radius 3 is 2.00 bits per heavy atom. The van der Waals surface area contributed by atoms with Crippen LogP contribution in [0.2, 0.25) is 0 Å². The lowest BCUT2D eigenvalue weighted by Crippen LogP contribution is -2.40. The predicted octanol–water partition coefficient (Wildman–Crippen LogP) is 0.728.